The number of fused-ring (bicyclic) bond motifs is 1. The van der Waals surface area contributed by atoms with E-state index in [-0.39, 0.29) is 17.0 Å². The van der Waals surface area contributed by atoms with Crippen molar-refractivity contribution in [2.75, 3.05) is 25.5 Å². The molecule has 1 unspecified atom stereocenters. The minimum absolute atomic E-state index is 0.0426. The highest BCUT2D eigenvalue weighted by molar-refractivity contribution is 5.67. The Balaban J connectivity index is 1.26. The van der Waals surface area contributed by atoms with Crippen LogP contribution in [0.25, 0.3) is 11.3 Å². The number of hydrogen-bond donors (Lipinski definition) is 1. The standard InChI is InChI=1S/C22H25F2N5O2/c23-21(24)31-16-5-11(7-26-20(16)25)15-6-17(29(27-15)12-3-1-2-4-12)22-14-8-28(13-9-30-10-13)19(22)18(14)22/h5-7,12-14,18-19,21H,1-4,8-10H2,(H2,25,26)/t14-,18-,19?,22+/m0/s1. The van der Waals surface area contributed by atoms with Crippen molar-refractivity contribution in [3.8, 4) is 17.0 Å². The largest absolute Gasteiger partial charge is 0.431 e. The Labute approximate surface area is 178 Å². The third kappa shape index (κ3) is 2.39. The summed E-state index contributed by atoms with van der Waals surface area (Å²) >= 11 is 0. The van der Waals surface area contributed by atoms with Gasteiger partial charge in [-0.25, -0.2) is 4.98 Å². The van der Waals surface area contributed by atoms with Gasteiger partial charge in [0.1, 0.15) is 0 Å². The number of nitrogen functional groups attached to an aromatic ring is 1. The molecule has 9 heteroatoms. The minimum Gasteiger partial charge on any atom is -0.431 e. The summed E-state index contributed by atoms with van der Waals surface area (Å²) in [5, 5.41) is 5.00. The average Bonchev–Trinajstić information content (AvgIpc) is 3.20. The van der Waals surface area contributed by atoms with E-state index in [2.05, 4.69) is 25.4 Å². The highest BCUT2D eigenvalue weighted by Gasteiger charge is 2.94. The Morgan fingerprint density at radius 1 is 1.19 bits per heavy atom. The Morgan fingerprint density at radius 3 is 2.68 bits per heavy atom. The van der Waals surface area contributed by atoms with E-state index < -0.39 is 6.61 Å². The molecule has 31 heavy (non-hydrogen) atoms. The van der Waals surface area contributed by atoms with Crippen LogP contribution in [0, 0.1) is 11.8 Å². The lowest BCUT2D eigenvalue weighted by atomic mass is 10.0. The molecule has 3 saturated carbocycles. The lowest BCUT2D eigenvalue weighted by Gasteiger charge is -2.34. The lowest BCUT2D eigenvalue weighted by molar-refractivity contribution is -0.0601. The molecule has 7 nitrogen and oxygen atoms in total. The summed E-state index contributed by atoms with van der Waals surface area (Å²) in [6.07, 6.45) is 6.34. The third-order valence-electron chi connectivity index (χ3n) is 8.31. The molecule has 4 atom stereocenters. The zero-order valence-corrected chi connectivity index (χ0v) is 17.1. The van der Waals surface area contributed by atoms with Crippen LogP contribution in [0.2, 0.25) is 0 Å². The van der Waals surface area contributed by atoms with Crippen LogP contribution in [-0.2, 0) is 10.2 Å². The van der Waals surface area contributed by atoms with Gasteiger partial charge in [0.25, 0.3) is 0 Å². The predicted octanol–water partition coefficient (Wildman–Crippen LogP) is 2.82. The van der Waals surface area contributed by atoms with Gasteiger partial charge in [-0.05, 0) is 36.8 Å². The maximum absolute atomic E-state index is 12.8. The first-order valence-electron chi connectivity index (χ1n) is 11.2. The average molecular weight is 429 g/mol. The molecule has 2 aromatic heterocycles. The van der Waals surface area contributed by atoms with Crippen LogP contribution in [0.1, 0.15) is 37.4 Å². The van der Waals surface area contributed by atoms with Gasteiger partial charge in [0, 0.05) is 35.5 Å². The second kappa shape index (κ2) is 6.16. The summed E-state index contributed by atoms with van der Waals surface area (Å²) in [5.74, 6) is 1.30. The van der Waals surface area contributed by atoms with Crippen LogP contribution < -0.4 is 10.5 Å². The van der Waals surface area contributed by atoms with Crippen LogP contribution in [-0.4, -0.2) is 58.1 Å². The summed E-state index contributed by atoms with van der Waals surface area (Å²) < 4.78 is 37.8. The molecular weight excluding hydrogens is 404 g/mol. The van der Waals surface area contributed by atoms with Crippen molar-refractivity contribution in [2.24, 2.45) is 11.8 Å². The number of anilines is 1. The Kier molecular flexibility index (Phi) is 3.64. The number of nitrogens with two attached hydrogens (primary N) is 1. The Bertz CT molecular complexity index is 1040. The van der Waals surface area contributed by atoms with Gasteiger partial charge < -0.3 is 15.2 Å². The number of rotatable bonds is 6. The molecular formula is C22H25F2N5O2. The first-order valence-corrected chi connectivity index (χ1v) is 11.2. The molecule has 0 aromatic carbocycles. The van der Waals surface area contributed by atoms with E-state index in [4.69, 9.17) is 15.6 Å². The molecule has 0 radical (unpaired) electrons. The number of halogens is 2. The zero-order valence-electron chi connectivity index (χ0n) is 17.1. The van der Waals surface area contributed by atoms with E-state index in [0.29, 0.717) is 29.6 Å². The summed E-state index contributed by atoms with van der Waals surface area (Å²) in [4.78, 5) is 6.73. The normalized spacial score (nSPS) is 34.2. The number of aromatic nitrogens is 3. The highest BCUT2D eigenvalue weighted by atomic mass is 19.3. The van der Waals surface area contributed by atoms with E-state index >= 15 is 0 Å². The van der Waals surface area contributed by atoms with E-state index in [1.807, 2.05) is 0 Å². The summed E-state index contributed by atoms with van der Waals surface area (Å²) in [5.41, 5.74) is 8.71. The molecule has 3 saturated heterocycles. The van der Waals surface area contributed by atoms with Crippen LogP contribution >= 0.6 is 0 Å². The van der Waals surface area contributed by atoms with Gasteiger partial charge in [0.05, 0.1) is 31.0 Å². The fraction of sp³-hybridized carbons (Fsp3) is 0.636. The van der Waals surface area contributed by atoms with Crippen molar-refractivity contribution in [3.05, 3.63) is 24.0 Å². The number of hydrogen-bond acceptors (Lipinski definition) is 6. The maximum Gasteiger partial charge on any atom is 0.387 e. The molecule has 0 amide bonds. The van der Waals surface area contributed by atoms with Crippen LogP contribution in [0.3, 0.4) is 0 Å². The zero-order chi connectivity index (χ0) is 20.9. The van der Waals surface area contributed by atoms with Gasteiger partial charge in [0.2, 0.25) is 0 Å². The first-order chi connectivity index (χ1) is 15.1. The number of nitrogens with zero attached hydrogens (tertiary/aromatic N) is 4. The summed E-state index contributed by atoms with van der Waals surface area (Å²) in [6, 6.07) is 5.29. The molecule has 8 rings (SSSR count). The lowest BCUT2D eigenvalue weighted by Crippen LogP contribution is -2.48. The molecule has 2 aromatic rings. The number of pyridine rings is 1. The summed E-state index contributed by atoms with van der Waals surface area (Å²) in [7, 11) is 0. The van der Waals surface area contributed by atoms with Crippen molar-refractivity contribution >= 4 is 5.82 Å². The fourth-order valence-corrected chi connectivity index (χ4v) is 6.71. The predicted molar refractivity (Wildman–Crippen MR) is 108 cm³/mol. The van der Waals surface area contributed by atoms with Gasteiger partial charge in [-0.1, -0.05) is 12.8 Å². The molecule has 3 aliphatic heterocycles. The van der Waals surface area contributed by atoms with Gasteiger partial charge in [-0.2, -0.15) is 13.9 Å². The van der Waals surface area contributed by atoms with Crippen LogP contribution in [0.4, 0.5) is 14.6 Å². The van der Waals surface area contributed by atoms with Crippen molar-refractivity contribution in [2.45, 2.75) is 55.8 Å². The molecule has 2 N–H and O–H groups in total. The number of alkyl halides is 2. The number of ether oxygens (including phenoxy) is 2. The monoisotopic (exact) mass is 429 g/mol. The molecule has 3 aliphatic carbocycles. The third-order valence-corrected chi connectivity index (χ3v) is 8.31. The molecule has 6 aliphatic rings. The molecule has 5 heterocycles. The Hall–Kier alpha value is -2.26. The van der Waals surface area contributed by atoms with Crippen molar-refractivity contribution in [1.82, 2.24) is 19.7 Å². The topological polar surface area (TPSA) is 78.4 Å². The number of piperidine rings is 1. The second-order valence-electron chi connectivity index (χ2n) is 9.68. The fourth-order valence-electron chi connectivity index (χ4n) is 6.71. The van der Waals surface area contributed by atoms with E-state index in [0.717, 1.165) is 44.2 Å². The summed E-state index contributed by atoms with van der Waals surface area (Å²) in [6.45, 7) is -0.0860. The van der Waals surface area contributed by atoms with Crippen LogP contribution in [0.15, 0.2) is 18.3 Å². The van der Waals surface area contributed by atoms with E-state index in [9.17, 15) is 8.78 Å². The van der Waals surface area contributed by atoms with E-state index in [1.54, 1.807) is 6.20 Å². The second-order valence-corrected chi connectivity index (χ2v) is 9.68. The minimum atomic E-state index is -2.94. The van der Waals surface area contributed by atoms with E-state index in [1.165, 1.54) is 24.6 Å². The van der Waals surface area contributed by atoms with Gasteiger partial charge >= 0.3 is 6.61 Å². The maximum atomic E-state index is 12.8. The highest BCUT2D eigenvalue weighted by Crippen LogP contribution is 2.86. The Morgan fingerprint density at radius 2 is 2.00 bits per heavy atom. The van der Waals surface area contributed by atoms with Crippen molar-refractivity contribution in [1.29, 1.82) is 0 Å². The van der Waals surface area contributed by atoms with Gasteiger partial charge in [0.15, 0.2) is 11.6 Å². The van der Waals surface area contributed by atoms with Gasteiger partial charge in [-0.3, -0.25) is 9.58 Å². The smallest absolute Gasteiger partial charge is 0.387 e. The van der Waals surface area contributed by atoms with Crippen molar-refractivity contribution in [3.63, 3.8) is 0 Å². The molecule has 0 spiro atoms. The molecule has 2 bridgehead atoms. The van der Waals surface area contributed by atoms with Crippen LogP contribution in [0.5, 0.6) is 5.75 Å². The molecule has 164 valence electrons. The van der Waals surface area contributed by atoms with Gasteiger partial charge in [-0.15, -0.1) is 0 Å². The quantitative estimate of drug-likeness (QED) is 0.761. The molecule has 6 fully saturated rings. The first kappa shape index (κ1) is 18.3. The van der Waals surface area contributed by atoms with Crippen molar-refractivity contribution < 1.29 is 18.3 Å². The SMILES string of the molecule is Nc1ncc(-c2cc([C@@]34C5[C@@H]3[C@@H]4CN5C3COC3)n(C3CCCC3)n2)cc1OC(F)F.